The summed E-state index contributed by atoms with van der Waals surface area (Å²) < 4.78 is 32.1. The van der Waals surface area contributed by atoms with Gasteiger partial charge in [0.15, 0.2) is 11.6 Å². The van der Waals surface area contributed by atoms with E-state index in [1.165, 1.54) is 6.07 Å². The third-order valence-electron chi connectivity index (χ3n) is 4.71. The Kier molecular flexibility index (Phi) is 4.64. The Morgan fingerprint density at radius 1 is 1.30 bits per heavy atom. The molecule has 0 radical (unpaired) electrons. The molecule has 1 aromatic rings. The Hall–Kier alpha value is -1.53. The summed E-state index contributed by atoms with van der Waals surface area (Å²) in [6.07, 6.45) is 1.05. The minimum Gasteiger partial charge on any atom is -0.375 e. The van der Waals surface area contributed by atoms with Crippen LogP contribution >= 0.6 is 0 Å². The number of amides is 1. The lowest BCUT2D eigenvalue weighted by Gasteiger charge is -2.36. The van der Waals surface area contributed by atoms with Gasteiger partial charge in [0.2, 0.25) is 0 Å². The van der Waals surface area contributed by atoms with Crippen LogP contribution in [0.3, 0.4) is 0 Å². The molecule has 3 atom stereocenters. The Morgan fingerprint density at radius 3 is 2.78 bits per heavy atom. The number of hydrogen-bond acceptors (Lipinski definition) is 3. The first kappa shape index (κ1) is 16.3. The first-order chi connectivity index (χ1) is 10.9. The molecule has 0 aromatic heterocycles. The Balaban J connectivity index is 1.59. The maximum absolute atomic E-state index is 13.2. The second-order valence-corrected chi connectivity index (χ2v) is 6.76. The molecular formula is C17H22F2N2O2. The van der Waals surface area contributed by atoms with E-state index in [4.69, 9.17) is 4.74 Å². The van der Waals surface area contributed by atoms with Gasteiger partial charge in [0.1, 0.15) is 0 Å². The monoisotopic (exact) mass is 324 g/mol. The van der Waals surface area contributed by atoms with Gasteiger partial charge in [0.05, 0.1) is 12.7 Å². The average Bonchev–Trinajstić information content (AvgIpc) is 2.90. The smallest absolute Gasteiger partial charge is 0.251 e. The number of carbonyl (C=O) groups excluding carboxylic acids is 1. The highest BCUT2D eigenvalue weighted by Gasteiger charge is 2.38. The molecule has 23 heavy (non-hydrogen) atoms. The summed E-state index contributed by atoms with van der Waals surface area (Å²) >= 11 is 0. The number of carbonyl (C=O) groups is 1. The molecule has 1 aromatic carbocycles. The van der Waals surface area contributed by atoms with E-state index in [0.717, 1.165) is 31.6 Å². The molecule has 4 nitrogen and oxygen atoms in total. The van der Waals surface area contributed by atoms with Crippen molar-refractivity contribution < 1.29 is 18.3 Å². The number of halogens is 2. The number of fused-ring (bicyclic) bond motifs is 1. The fraction of sp³-hybridized carbons (Fsp3) is 0.588. The van der Waals surface area contributed by atoms with Gasteiger partial charge in [0.25, 0.3) is 5.91 Å². The molecule has 1 amide bonds. The first-order valence-electron chi connectivity index (χ1n) is 8.05. The summed E-state index contributed by atoms with van der Waals surface area (Å²) in [6.45, 7) is 6.61. The number of benzene rings is 1. The second kappa shape index (κ2) is 6.53. The molecule has 2 heterocycles. The summed E-state index contributed by atoms with van der Waals surface area (Å²) in [5.41, 5.74) is 0.144. The van der Waals surface area contributed by atoms with E-state index in [9.17, 15) is 13.6 Å². The zero-order valence-corrected chi connectivity index (χ0v) is 13.4. The molecule has 0 unspecified atom stereocenters. The van der Waals surface area contributed by atoms with Gasteiger partial charge in [-0.05, 0) is 30.5 Å². The highest BCUT2D eigenvalue weighted by molar-refractivity contribution is 5.94. The van der Waals surface area contributed by atoms with E-state index < -0.39 is 11.6 Å². The number of nitrogens with zero attached hydrogens (tertiary/aromatic N) is 1. The van der Waals surface area contributed by atoms with Crippen molar-refractivity contribution in [2.75, 3.05) is 19.7 Å². The lowest BCUT2D eigenvalue weighted by molar-refractivity contribution is -0.0683. The van der Waals surface area contributed by atoms with Gasteiger partial charge in [-0.25, -0.2) is 8.78 Å². The normalized spacial score (nSPS) is 28.0. The Labute approximate surface area is 134 Å². The molecule has 0 aliphatic carbocycles. The predicted molar refractivity (Wildman–Crippen MR) is 82.2 cm³/mol. The summed E-state index contributed by atoms with van der Waals surface area (Å²) in [5.74, 6) is -1.85. The van der Waals surface area contributed by atoms with Crippen LogP contribution in [0.5, 0.6) is 0 Å². The van der Waals surface area contributed by atoms with Crippen LogP contribution in [0.2, 0.25) is 0 Å². The summed E-state index contributed by atoms with van der Waals surface area (Å²) in [5, 5.41) is 2.92. The molecule has 3 rings (SSSR count). The molecule has 2 aliphatic rings. The van der Waals surface area contributed by atoms with E-state index in [-0.39, 0.29) is 23.6 Å². The minimum atomic E-state index is -1.00. The number of nitrogens with one attached hydrogen (secondary N) is 1. The number of morpholine rings is 1. The third-order valence-corrected chi connectivity index (χ3v) is 4.71. The summed E-state index contributed by atoms with van der Waals surface area (Å²) in [7, 11) is 0. The van der Waals surface area contributed by atoms with Crippen LogP contribution in [0.15, 0.2) is 18.2 Å². The van der Waals surface area contributed by atoms with E-state index in [1.54, 1.807) is 0 Å². The lowest BCUT2D eigenvalue weighted by atomic mass is 10.0. The van der Waals surface area contributed by atoms with Crippen molar-refractivity contribution in [3.63, 3.8) is 0 Å². The van der Waals surface area contributed by atoms with Crippen molar-refractivity contribution in [3.05, 3.63) is 35.4 Å². The number of rotatable bonds is 3. The van der Waals surface area contributed by atoms with Crippen molar-refractivity contribution in [1.82, 2.24) is 10.2 Å². The van der Waals surface area contributed by atoms with Crippen LogP contribution in [0.1, 0.15) is 30.6 Å². The zero-order valence-electron chi connectivity index (χ0n) is 13.4. The van der Waals surface area contributed by atoms with Gasteiger partial charge in [-0.2, -0.15) is 0 Å². The Morgan fingerprint density at radius 2 is 2.09 bits per heavy atom. The maximum Gasteiger partial charge on any atom is 0.251 e. The topological polar surface area (TPSA) is 41.6 Å². The van der Waals surface area contributed by atoms with E-state index in [0.29, 0.717) is 18.6 Å². The molecule has 2 saturated heterocycles. The lowest BCUT2D eigenvalue weighted by Crippen LogP contribution is -2.48. The van der Waals surface area contributed by atoms with Crippen LogP contribution in [0.4, 0.5) is 8.78 Å². The second-order valence-electron chi connectivity index (χ2n) is 6.76. The van der Waals surface area contributed by atoms with Gasteiger partial charge < -0.3 is 10.1 Å². The molecule has 0 saturated carbocycles. The minimum absolute atomic E-state index is 0.00938. The van der Waals surface area contributed by atoms with Crippen molar-refractivity contribution >= 4 is 5.91 Å². The third kappa shape index (κ3) is 3.53. The van der Waals surface area contributed by atoms with Gasteiger partial charge in [-0.15, -0.1) is 0 Å². The molecule has 1 N–H and O–H groups in total. The quantitative estimate of drug-likeness (QED) is 0.927. The molecule has 2 aliphatic heterocycles. The molecule has 0 spiro atoms. The highest BCUT2D eigenvalue weighted by atomic mass is 19.2. The number of ether oxygens (including phenoxy) is 1. The van der Waals surface area contributed by atoms with Crippen LogP contribution in [0.25, 0.3) is 0 Å². The fourth-order valence-corrected chi connectivity index (χ4v) is 3.31. The largest absolute Gasteiger partial charge is 0.375 e. The summed E-state index contributed by atoms with van der Waals surface area (Å²) in [4.78, 5) is 14.5. The van der Waals surface area contributed by atoms with Crippen molar-refractivity contribution in [2.45, 2.75) is 38.5 Å². The first-order valence-corrected chi connectivity index (χ1v) is 8.05. The van der Waals surface area contributed by atoms with Crippen LogP contribution < -0.4 is 5.32 Å². The maximum atomic E-state index is 13.2. The van der Waals surface area contributed by atoms with Gasteiger partial charge in [-0.1, -0.05) is 13.8 Å². The Bertz CT molecular complexity index is 594. The molecule has 126 valence electrons. The molecule has 2 fully saturated rings. The highest BCUT2D eigenvalue weighted by Crippen LogP contribution is 2.26. The molecule has 0 bridgehead atoms. The SMILES string of the molecule is CC(C)[C@@H]1CN2C[C@@H](NC(=O)c3ccc(F)c(F)c3)C[C@H]2CO1. The van der Waals surface area contributed by atoms with Crippen LogP contribution in [-0.2, 0) is 4.74 Å². The van der Waals surface area contributed by atoms with E-state index in [2.05, 4.69) is 24.1 Å². The predicted octanol–water partition coefficient (Wildman–Crippen LogP) is 2.19. The van der Waals surface area contributed by atoms with Crippen molar-refractivity contribution in [3.8, 4) is 0 Å². The van der Waals surface area contributed by atoms with Gasteiger partial charge in [-0.3, -0.25) is 9.69 Å². The van der Waals surface area contributed by atoms with E-state index in [1.807, 2.05) is 0 Å². The van der Waals surface area contributed by atoms with Crippen molar-refractivity contribution in [1.29, 1.82) is 0 Å². The standard InChI is InChI=1S/C17H22F2N2O2/c1-10(2)16-8-21-7-12(6-13(21)9-23-16)20-17(22)11-3-4-14(18)15(19)5-11/h3-5,10,12-13,16H,6-9H2,1-2H3,(H,20,22)/t12-,13-,16-/m0/s1. The van der Waals surface area contributed by atoms with Crippen LogP contribution in [0, 0.1) is 17.6 Å². The molecule has 6 heteroatoms. The zero-order chi connectivity index (χ0) is 16.6. The fourth-order valence-electron chi connectivity index (χ4n) is 3.31. The van der Waals surface area contributed by atoms with E-state index >= 15 is 0 Å². The summed E-state index contributed by atoms with van der Waals surface area (Å²) in [6, 6.07) is 3.54. The van der Waals surface area contributed by atoms with Crippen molar-refractivity contribution in [2.24, 2.45) is 5.92 Å². The number of hydrogen-bond donors (Lipinski definition) is 1. The molecular weight excluding hydrogens is 302 g/mol. The van der Waals surface area contributed by atoms with Gasteiger partial charge >= 0.3 is 0 Å². The average molecular weight is 324 g/mol. The van der Waals surface area contributed by atoms with Crippen LogP contribution in [-0.4, -0.2) is 48.7 Å². The van der Waals surface area contributed by atoms with Gasteiger partial charge in [0, 0.05) is 30.7 Å².